The first kappa shape index (κ1) is 21.5. The molecule has 0 aliphatic heterocycles. The Kier molecular flexibility index (Phi) is 8.20. The van der Waals surface area contributed by atoms with E-state index in [1.54, 1.807) is 0 Å². The molecule has 0 fully saturated rings. The standard InChI is InChI=1S/C27H32OP/c1-2-3-4-5-9-16-24(28)23-29(25-17-10-6-11-18-25,26-19-12-7-13-20-26)27-21-14-8-15-22-27/h6-8,10-15,17-22H,2-5,9,16,23H2,1H3/q+1. The van der Waals surface area contributed by atoms with Crippen molar-refractivity contribution in [1.29, 1.82) is 0 Å². The van der Waals surface area contributed by atoms with Gasteiger partial charge in [-0.15, -0.1) is 0 Å². The molecule has 3 rings (SSSR count). The molecule has 0 unspecified atom stereocenters. The number of benzene rings is 3. The molecular formula is C27H32OP+. The van der Waals surface area contributed by atoms with Crippen LogP contribution in [-0.4, -0.2) is 11.9 Å². The van der Waals surface area contributed by atoms with Gasteiger partial charge >= 0.3 is 0 Å². The van der Waals surface area contributed by atoms with Gasteiger partial charge in [0.25, 0.3) is 0 Å². The predicted molar refractivity (Wildman–Crippen MR) is 128 cm³/mol. The second kappa shape index (κ2) is 11.1. The van der Waals surface area contributed by atoms with E-state index in [4.69, 9.17) is 0 Å². The molecule has 0 aliphatic rings. The fourth-order valence-electron chi connectivity index (χ4n) is 4.04. The first-order chi connectivity index (χ1) is 14.3. The first-order valence-electron chi connectivity index (χ1n) is 10.8. The number of hydrogen-bond acceptors (Lipinski definition) is 1. The van der Waals surface area contributed by atoms with E-state index in [9.17, 15) is 4.79 Å². The van der Waals surface area contributed by atoms with Gasteiger partial charge in [-0.1, -0.05) is 87.2 Å². The molecule has 0 atom stereocenters. The molecule has 0 saturated heterocycles. The number of ketones is 1. The lowest BCUT2D eigenvalue weighted by Gasteiger charge is -2.27. The third kappa shape index (κ3) is 5.43. The summed E-state index contributed by atoms with van der Waals surface area (Å²) in [5.41, 5.74) is 0. The quantitative estimate of drug-likeness (QED) is 0.287. The molecule has 0 saturated carbocycles. The van der Waals surface area contributed by atoms with Gasteiger partial charge in [-0.05, 0) is 42.8 Å². The monoisotopic (exact) mass is 403 g/mol. The number of unbranched alkanes of at least 4 members (excludes halogenated alkanes) is 4. The van der Waals surface area contributed by atoms with E-state index < -0.39 is 7.26 Å². The Labute approximate surface area is 176 Å². The van der Waals surface area contributed by atoms with Gasteiger partial charge in [-0.25, -0.2) is 0 Å². The summed E-state index contributed by atoms with van der Waals surface area (Å²) in [5, 5.41) is 3.87. The molecule has 0 aliphatic carbocycles. The van der Waals surface area contributed by atoms with E-state index in [0.717, 1.165) is 12.8 Å². The van der Waals surface area contributed by atoms with Crippen LogP contribution in [0.15, 0.2) is 91.0 Å². The van der Waals surface area contributed by atoms with Crippen molar-refractivity contribution in [3.63, 3.8) is 0 Å². The Bertz CT molecular complexity index is 762. The highest BCUT2D eigenvalue weighted by Crippen LogP contribution is 2.55. The van der Waals surface area contributed by atoms with Gasteiger partial charge in [0.1, 0.15) is 29.3 Å². The van der Waals surface area contributed by atoms with Gasteiger partial charge in [-0.2, -0.15) is 0 Å². The van der Waals surface area contributed by atoms with Crippen LogP contribution in [-0.2, 0) is 4.79 Å². The van der Waals surface area contributed by atoms with Gasteiger partial charge in [0.15, 0.2) is 5.78 Å². The topological polar surface area (TPSA) is 17.1 Å². The second-order valence-corrected chi connectivity index (χ2v) is 11.2. The smallest absolute Gasteiger partial charge is 0.171 e. The zero-order valence-corrected chi connectivity index (χ0v) is 18.4. The van der Waals surface area contributed by atoms with Crippen LogP contribution >= 0.6 is 7.26 Å². The van der Waals surface area contributed by atoms with Crippen LogP contribution in [0.4, 0.5) is 0 Å². The van der Waals surface area contributed by atoms with E-state index in [1.165, 1.54) is 35.2 Å². The Morgan fingerprint density at radius 2 is 1.03 bits per heavy atom. The molecule has 0 spiro atoms. The summed E-state index contributed by atoms with van der Waals surface area (Å²) in [5.74, 6) is 0.395. The van der Waals surface area contributed by atoms with Gasteiger partial charge < -0.3 is 0 Å². The maximum atomic E-state index is 13.2. The van der Waals surface area contributed by atoms with Gasteiger partial charge in [0.05, 0.1) is 0 Å². The Morgan fingerprint density at radius 1 is 0.621 bits per heavy atom. The normalized spacial score (nSPS) is 11.3. The molecule has 0 heterocycles. The second-order valence-electron chi connectivity index (χ2n) is 7.68. The van der Waals surface area contributed by atoms with Crippen molar-refractivity contribution < 1.29 is 4.79 Å². The highest BCUT2D eigenvalue weighted by Gasteiger charge is 2.46. The third-order valence-electron chi connectivity index (χ3n) is 5.56. The van der Waals surface area contributed by atoms with E-state index >= 15 is 0 Å². The van der Waals surface area contributed by atoms with Crippen LogP contribution < -0.4 is 15.9 Å². The Morgan fingerprint density at radius 3 is 1.45 bits per heavy atom. The number of hydrogen-bond donors (Lipinski definition) is 0. The lowest BCUT2D eigenvalue weighted by atomic mass is 10.1. The van der Waals surface area contributed by atoms with E-state index in [-0.39, 0.29) is 0 Å². The highest BCUT2D eigenvalue weighted by molar-refractivity contribution is 7.96. The van der Waals surface area contributed by atoms with Crippen LogP contribution in [0.1, 0.15) is 45.4 Å². The number of carbonyl (C=O) groups excluding carboxylic acids is 1. The number of carbonyl (C=O) groups is 1. The van der Waals surface area contributed by atoms with Gasteiger partial charge in [-0.3, -0.25) is 4.79 Å². The molecule has 150 valence electrons. The van der Waals surface area contributed by atoms with Crippen molar-refractivity contribution in [3.8, 4) is 0 Å². The summed E-state index contributed by atoms with van der Waals surface area (Å²) in [6.45, 7) is 2.23. The lowest BCUT2D eigenvalue weighted by molar-refractivity contribution is -0.116. The summed E-state index contributed by atoms with van der Waals surface area (Å²) in [6.07, 6.45) is 7.21. The van der Waals surface area contributed by atoms with E-state index in [2.05, 4.69) is 97.9 Å². The van der Waals surface area contributed by atoms with Gasteiger partial charge in [0.2, 0.25) is 0 Å². The van der Waals surface area contributed by atoms with Gasteiger partial charge in [0, 0.05) is 6.42 Å². The lowest BCUT2D eigenvalue weighted by Crippen LogP contribution is -2.35. The summed E-state index contributed by atoms with van der Waals surface area (Å²) in [4.78, 5) is 13.2. The SMILES string of the molecule is CCCCCCCC(=O)C[P+](c1ccccc1)(c1ccccc1)c1ccccc1. The summed E-state index contributed by atoms with van der Waals surface area (Å²) in [6, 6.07) is 32.1. The van der Waals surface area contributed by atoms with Crippen LogP contribution in [0.5, 0.6) is 0 Å². The fraction of sp³-hybridized carbons (Fsp3) is 0.296. The molecule has 3 aromatic rings. The van der Waals surface area contributed by atoms with Crippen molar-refractivity contribution in [2.45, 2.75) is 45.4 Å². The minimum atomic E-state index is -2.02. The van der Waals surface area contributed by atoms with Crippen molar-refractivity contribution in [2.75, 3.05) is 6.16 Å². The minimum absolute atomic E-state index is 0.395. The summed E-state index contributed by atoms with van der Waals surface area (Å²) >= 11 is 0. The largest absolute Gasteiger partial charge is 0.296 e. The molecule has 1 nitrogen and oxygen atoms in total. The molecule has 0 radical (unpaired) electrons. The molecule has 29 heavy (non-hydrogen) atoms. The predicted octanol–water partition coefficient (Wildman–Crippen LogP) is 5.91. The minimum Gasteiger partial charge on any atom is -0.296 e. The average Bonchev–Trinajstić information content (AvgIpc) is 2.79. The van der Waals surface area contributed by atoms with Crippen LogP contribution in [0.3, 0.4) is 0 Å². The maximum Gasteiger partial charge on any atom is 0.171 e. The van der Waals surface area contributed by atoms with Crippen LogP contribution in [0, 0.1) is 0 Å². The molecule has 0 N–H and O–H groups in total. The number of Topliss-reactive ketones (excluding diaryl/α,β-unsaturated/α-hetero) is 1. The highest BCUT2D eigenvalue weighted by atomic mass is 31.2. The zero-order chi connectivity index (χ0) is 20.4. The fourth-order valence-corrected chi connectivity index (χ4v) is 8.21. The van der Waals surface area contributed by atoms with Crippen molar-refractivity contribution in [1.82, 2.24) is 0 Å². The van der Waals surface area contributed by atoms with Crippen LogP contribution in [0.2, 0.25) is 0 Å². The molecule has 2 heteroatoms. The zero-order valence-electron chi connectivity index (χ0n) is 17.5. The van der Waals surface area contributed by atoms with Crippen molar-refractivity contribution in [2.24, 2.45) is 0 Å². The Hall–Kier alpha value is -2.24. The average molecular weight is 404 g/mol. The summed E-state index contributed by atoms with van der Waals surface area (Å²) < 4.78 is 0. The molecule has 0 amide bonds. The van der Waals surface area contributed by atoms with Crippen LogP contribution in [0.25, 0.3) is 0 Å². The van der Waals surface area contributed by atoms with E-state index in [0.29, 0.717) is 18.4 Å². The third-order valence-corrected chi connectivity index (χ3v) is 9.93. The van der Waals surface area contributed by atoms with Crippen molar-refractivity contribution >= 4 is 29.0 Å². The van der Waals surface area contributed by atoms with E-state index in [1.807, 2.05) is 0 Å². The Balaban J connectivity index is 1.98. The first-order valence-corrected chi connectivity index (χ1v) is 12.8. The molecular weight excluding hydrogens is 371 g/mol. The molecule has 3 aromatic carbocycles. The summed E-state index contributed by atoms with van der Waals surface area (Å²) in [7, 11) is -2.02. The maximum absolute atomic E-state index is 13.2. The molecule has 0 aromatic heterocycles. The molecule has 0 bridgehead atoms. The van der Waals surface area contributed by atoms with Crippen molar-refractivity contribution in [3.05, 3.63) is 91.0 Å². The number of rotatable bonds is 11.